The summed E-state index contributed by atoms with van der Waals surface area (Å²) in [6, 6.07) is 0. The van der Waals surface area contributed by atoms with E-state index in [9.17, 15) is 9.59 Å². The van der Waals surface area contributed by atoms with E-state index in [2.05, 4.69) is 40.9 Å². The number of hydrogen-bond donors (Lipinski definition) is 0. The van der Waals surface area contributed by atoms with E-state index in [4.69, 9.17) is 9.47 Å². The van der Waals surface area contributed by atoms with Gasteiger partial charge in [-0.05, 0) is 50.4 Å². The molecular weight excluding hydrogens is 352 g/mol. The van der Waals surface area contributed by atoms with Gasteiger partial charge < -0.3 is 9.47 Å². The molecule has 4 heteroatoms. The first-order valence-electron chi connectivity index (χ1n) is 10.8. The zero-order valence-electron chi connectivity index (χ0n) is 19.1. The molecule has 0 aromatic heterocycles. The standard InChI is InChI=1S/C24H42O4/c1-9-20(10-2)17-24(11-3,12-4)21(13-15-27-22(25)18(5)6)14-16-28-23(26)19(7)8/h20-21H,5,7,9-17H2,1-4,6,8H3. The Hall–Kier alpha value is -1.58. The molecule has 0 N–H and O–H groups in total. The Kier molecular flexibility index (Phi) is 12.8. The van der Waals surface area contributed by atoms with Crippen LogP contribution in [0.15, 0.2) is 24.3 Å². The van der Waals surface area contributed by atoms with Crippen molar-refractivity contribution in [3.8, 4) is 0 Å². The molecule has 0 aliphatic carbocycles. The molecule has 162 valence electrons. The highest BCUT2D eigenvalue weighted by Gasteiger charge is 2.37. The van der Waals surface area contributed by atoms with Crippen LogP contribution in [-0.4, -0.2) is 25.2 Å². The van der Waals surface area contributed by atoms with Gasteiger partial charge >= 0.3 is 11.9 Å². The maximum atomic E-state index is 11.8. The molecule has 0 saturated carbocycles. The SMILES string of the molecule is C=C(C)C(=O)OCCC(CCOC(=O)C(=C)C)C(CC)(CC)CC(CC)CC. The second-order valence-electron chi connectivity index (χ2n) is 8.06. The fraction of sp³-hybridized carbons (Fsp3) is 0.750. The Morgan fingerprint density at radius 1 is 0.821 bits per heavy atom. The summed E-state index contributed by atoms with van der Waals surface area (Å²) in [4.78, 5) is 23.5. The summed E-state index contributed by atoms with van der Waals surface area (Å²) in [5.74, 6) is 0.314. The second-order valence-corrected chi connectivity index (χ2v) is 8.06. The molecule has 0 saturated heterocycles. The van der Waals surface area contributed by atoms with E-state index in [-0.39, 0.29) is 17.4 Å². The van der Waals surface area contributed by atoms with Crippen molar-refractivity contribution in [1.82, 2.24) is 0 Å². The first-order valence-corrected chi connectivity index (χ1v) is 10.8. The summed E-state index contributed by atoms with van der Waals surface area (Å²) in [5.41, 5.74) is 0.990. The number of hydrogen-bond acceptors (Lipinski definition) is 4. The molecule has 0 spiro atoms. The van der Waals surface area contributed by atoms with E-state index in [0.29, 0.717) is 36.2 Å². The quantitative estimate of drug-likeness (QED) is 0.243. The molecule has 0 rings (SSSR count). The van der Waals surface area contributed by atoms with E-state index in [1.54, 1.807) is 13.8 Å². The van der Waals surface area contributed by atoms with Crippen LogP contribution in [0.3, 0.4) is 0 Å². The summed E-state index contributed by atoms with van der Waals surface area (Å²) in [6.07, 6.45) is 7.15. The molecule has 0 radical (unpaired) electrons. The summed E-state index contributed by atoms with van der Waals surface area (Å²) in [5, 5.41) is 0. The molecule has 0 bridgehead atoms. The third-order valence-corrected chi connectivity index (χ3v) is 6.22. The summed E-state index contributed by atoms with van der Waals surface area (Å²) >= 11 is 0. The molecule has 0 aromatic rings. The number of carbonyl (C=O) groups is 2. The molecule has 0 aliphatic heterocycles. The van der Waals surface area contributed by atoms with Crippen LogP contribution in [0.5, 0.6) is 0 Å². The van der Waals surface area contributed by atoms with Crippen LogP contribution in [0.1, 0.15) is 86.5 Å². The minimum atomic E-state index is -0.342. The molecule has 0 unspecified atom stereocenters. The Morgan fingerprint density at radius 3 is 1.50 bits per heavy atom. The topological polar surface area (TPSA) is 52.6 Å². The smallest absolute Gasteiger partial charge is 0.333 e. The van der Waals surface area contributed by atoms with Gasteiger partial charge in [0.1, 0.15) is 0 Å². The summed E-state index contributed by atoms with van der Waals surface area (Å²) in [7, 11) is 0. The molecule has 28 heavy (non-hydrogen) atoms. The molecule has 0 heterocycles. The van der Waals surface area contributed by atoms with Gasteiger partial charge in [0.25, 0.3) is 0 Å². The maximum absolute atomic E-state index is 11.8. The van der Waals surface area contributed by atoms with Crippen LogP contribution >= 0.6 is 0 Å². The highest BCUT2D eigenvalue weighted by Crippen LogP contribution is 2.46. The van der Waals surface area contributed by atoms with Gasteiger partial charge in [0.15, 0.2) is 0 Å². The normalized spacial score (nSPS) is 11.6. The first kappa shape index (κ1) is 26.4. The minimum Gasteiger partial charge on any atom is -0.462 e. The van der Waals surface area contributed by atoms with Crippen molar-refractivity contribution in [1.29, 1.82) is 0 Å². The zero-order chi connectivity index (χ0) is 21.7. The van der Waals surface area contributed by atoms with Gasteiger partial charge in [-0.3, -0.25) is 0 Å². The van der Waals surface area contributed by atoms with Gasteiger partial charge in [-0.1, -0.05) is 66.5 Å². The highest BCUT2D eigenvalue weighted by atomic mass is 16.5. The summed E-state index contributed by atoms with van der Waals surface area (Å²) < 4.78 is 10.8. The molecule has 0 aromatic carbocycles. The van der Waals surface area contributed by atoms with E-state index < -0.39 is 0 Å². The second kappa shape index (κ2) is 13.6. The molecule has 0 amide bonds. The van der Waals surface area contributed by atoms with Crippen LogP contribution in [0.25, 0.3) is 0 Å². The number of rotatable bonds is 15. The van der Waals surface area contributed by atoms with Crippen LogP contribution in [-0.2, 0) is 19.1 Å². The molecule has 0 aliphatic rings. The van der Waals surface area contributed by atoms with Crippen LogP contribution in [0, 0.1) is 17.3 Å². The van der Waals surface area contributed by atoms with Gasteiger partial charge in [0, 0.05) is 11.1 Å². The number of ether oxygens (including phenoxy) is 2. The minimum absolute atomic E-state index is 0.155. The van der Waals surface area contributed by atoms with Gasteiger partial charge in [0.2, 0.25) is 0 Å². The van der Waals surface area contributed by atoms with Gasteiger partial charge in [-0.2, -0.15) is 0 Å². The highest BCUT2D eigenvalue weighted by molar-refractivity contribution is 5.87. The van der Waals surface area contributed by atoms with E-state index in [0.717, 1.165) is 32.1 Å². The maximum Gasteiger partial charge on any atom is 0.333 e. The molecule has 4 nitrogen and oxygen atoms in total. The van der Waals surface area contributed by atoms with Gasteiger partial charge in [-0.25, -0.2) is 9.59 Å². The van der Waals surface area contributed by atoms with Crippen LogP contribution in [0.4, 0.5) is 0 Å². The largest absolute Gasteiger partial charge is 0.462 e. The lowest BCUT2D eigenvalue weighted by atomic mass is 9.63. The van der Waals surface area contributed by atoms with Gasteiger partial charge in [-0.15, -0.1) is 0 Å². The Morgan fingerprint density at radius 2 is 1.21 bits per heavy atom. The number of esters is 2. The third kappa shape index (κ3) is 8.62. The lowest BCUT2D eigenvalue weighted by Crippen LogP contribution is -2.34. The summed E-state index contributed by atoms with van der Waals surface area (Å²) in [6.45, 7) is 20.3. The molecular formula is C24H42O4. The lowest BCUT2D eigenvalue weighted by Gasteiger charge is -2.42. The van der Waals surface area contributed by atoms with Crippen molar-refractivity contribution in [2.45, 2.75) is 86.5 Å². The van der Waals surface area contributed by atoms with Crippen molar-refractivity contribution in [2.24, 2.45) is 17.3 Å². The van der Waals surface area contributed by atoms with Crippen LogP contribution in [0.2, 0.25) is 0 Å². The van der Waals surface area contributed by atoms with Crippen molar-refractivity contribution in [3.63, 3.8) is 0 Å². The molecule has 0 fully saturated rings. The third-order valence-electron chi connectivity index (χ3n) is 6.22. The van der Waals surface area contributed by atoms with E-state index in [1.165, 1.54) is 12.8 Å². The van der Waals surface area contributed by atoms with E-state index >= 15 is 0 Å². The van der Waals surface area contributed by atoms with Gasteiger partial charge in [0.05, 0.1) is 13.2 Å². The first-order chi connectivity index (χ1) is 13.2. The van der Waals surface area contributed by atoms with Crippen molar-refractivity contribution in [2.75, 3.05) is 13.2 Å². The number of carbonyl (C=O) groups excluding carboxylic acids is 2. The average Bonchev–Trinajstić information content (AvgIpc) is 2.68. The van der Waals surface area contributed by atoms with Crippen LogP contribution < -0.4 is 0 Å². The Balaban J connectivity index is 5.30. The predicted molar refractivity (Wildman–Crippen MR) is 116 cm³/mol. The fourth-order valence-corrected chi connectivity index (χ4v) is 4.03. The lowest BCUT2D eigenvalue weighted by molar-refractivity contribution is -0.140. The van der Waals surface area contributed by atoms with Crippen molar-refractivity contribution in [3.05, 3.63) is 24.3 Å². The fourth-order valence-electron chi connectivity index (χ4n) is 4.03. The van der Waals surface area contributed by atoms with Crippen molar-refractivity contribution < 1.29 is 19.1 Å². The van der Waals surface area contributed by atoms with Crippen molar-refractivity contribution >= 4 is 11.9 Å². The Labute approximate surface area is 172 Å². The molecule has 0 atom stereocenters. The monoisotopic (exact) mass is 394 g/mol. The Bertz CT molecular complexity index is 481. The predicted octanol–water partition coefficient (Wildman–Crippen LogP) is 6.25. The van der Waals surface area contributed by atoms with E-state index in [1.807, 2.05) is 0 Å². The zero-order valence-corrected chi connectivity index (χ0v) is 19.1. The average molecular weight is 395 g/mol.